The molecular formula is C6H11NO3S. The van der Waals surface area contributed by atoms with Crippen LogP contribution >= 0.6 is 0 Å². The zero-order valence-corrected chi connectivity index (χ0v) is 7.14. The molecule has 0 aromatic rings. The van der Waals surface area contributed by atoms with E-state index < -0.39 is 10.7 Å². The average molecular weight is 177 g/mol. The highest BCUT2D eigenvalue weighted by atomic mass is 32.2. The van der Waals surface area contributed by atoms with Crippen LogP contribution in [0.5, 0.6) is 0 Å². The normalized spacial score (nSPS) is 10.7. The Morgan fingerprint density at radius 2 is 2.18 bits per heavy atom. The summed E-state index contributed by atoms with van der Waals surface area (Å²) in [5, 5.41) is 2.41. The molecule has 0 aromatic carbocycles. The lowest BCUT2D eigenvalue weighted by molar-refractivity contribution is -0.116. The van der Waals surface area contributed by atoms with Crippen LogP contribution in [0.3, 0.4) is 0 Å². The molecule has 0 atom stereocenters. The molecule has 0 radical (unpaired) electrons. The Kier molecular flexibility index (Phi) is 5.46. The third-order valence-electron chi connectivity index (χ3n) is 0.912. The predicted octanol–water partition coefficient (Wildman–Crippen LogP) is -0.710. The number of carbonyl (C=O) groups excluding carboxylic acids is 1. The fourth-order valence-electron chi connectivity index (χ4n) is 0.481. The second-order valence-corrected chi connectivity index (χ2v) is 2.96. The van der Waals surface area contributed by atoms with Crippen LogP contribution in [0.15, 0.2) is 12.2 Å². The van der Waals surface area contributed by atoms with E-state index >= 15 is 0 Å². The highest BCUT2D eigenvalue weighted by Crippen LogP contribution is 1.71. The van der Waals surface area contributed by atoms with Crippen molar-refractivity contribution in [3.8, 4) is 0 Å². The summed E-state index contributed by atoms with van der Waals surface area (Å²) in [7, 11) is -2.38. The van der Waals surface area contributed by atoms with E-state index in [9.17, 15) is 13.2 Å². The number of carbonyl (C=O) groups is 1. The predicted molar refractivity (Wildman–Crippen MR) is 43.0 cm³/mol. The maximum atomic E-state index is 10.6. The fraction of sp³-hybridized carbons (Fsp3) is 0.500. The van der Waals surface area contributed by atoms with Crippen molar-refractivity contribution in [1.82, 2.24) is 5.32 Å². The quantitative estimate of drug-likeness (QED) is 0.440. The Morgan fingerprint density at radius 1 is 1.55 bits per heavy atom. The molecule has 5 heteroatoms. The zero-order chi connectivity index (χ0) is 8.69. The van der Waals surface area contributed by atoms with Gasteiger partial charge in [-0.1, -0.05) is 6.08 Å². The molecule has 64 valence electrons. The summed E-state index contributed by atoms with van der Waals surface area (Å²) in [4.78, 5) is 10.6. The van der Waals surface area contributed by atoms with E-state index in [1.165, 1.54) is 6.08 Å². The minimum absolute atomic E-state index is 0.00136. The van der Waals surface area contributed by atoms with Crippen LogP contribution in [-0.2, 0) is 15.5 Å². The number of amides is 1. The van der Waals surface area contributed by atoms with Gasteiger partial charge < -0.3 is 5.32 Å². The minimum atomic E-state index is -2.38. The van der Waals surface area contributed by atoms with Crippen LogP contribution in [0.4, 0.5) is 0 Å². The van der Waals surface area contributed by atoms with Crippen molar-refractivity contribution in [2.75, 3.05) is 12.3 Å². The van der Waals surface area contributed by atoms with Gasteiger partial charge in [0.1, 0.15) is 10.7 Å². The molecule has 0 heterocycles. The topological polar surface area (TPSA) is 63.2 Å². The van der Waals surface area contributed by atoms with E-state index in [0.29, 0.717) is 0 Å². The Balaban J connectivity index is 3.47. The molecule has 0 aliphatic carbocycles. The van der Waals surface area contributed by atoms with Gasteiger partial charge in [0.05, 0.1) is 5.75 Å². The summed E-state index contributed by atoms with van der Waals surface area (Å²) < 4.78 is 20.0. The fourth-order valence-corrected chi connectivity index (χ4v) is 0.775. The van der Waals surface area contributed by atoms with E-state index in [2.05, 4.69) is 5.32 Å². The molecule has 1 N–H and O–H groups in total. The van der Waals surface area contributed by atoms with Crippen molar-refractivity contribution in [2.24, 2.45) is 0 Å². The Hall–Kier alpha value is -0.840. The molecule has 0 saturated carbocycles. The van der Waals surface area contributed by atoms with E-state index in [0.717, 1.165) is 0 Å². The monoisotopic (exact) mass is 177 g/mol. The van der Waals surface area contributed by atoms with Gasteiger partial charge in [0.25, 0.3) is 0 Å². The van der Waals surface area contributed by atoms with Crippen LogP contribution in [0.1, 0.15) is 6.92 Å². The number of thiol groups is 1. The lowest BCUT2D eigenvalue weighted by Gasteiger charge is -1.95. The zero-order valence-electron chi connectivity index (χ0n) is 6.24. The molecule has 0 aliphatic rings. The van der Waals surface area contributed by atoms with E-state index in [-0.39, 0.29) is 18.2 Å². The van der Waals surface area contributed by atoms with E-state index in [1.54, 1.807) is 13.0 Å². The third kappa shape index (κ3) is 7.05. The third-order valence-corrected chi connectivity index (χ3v) is 1.50. The standard InChI is InChI=1S/C6H11NO3S/c1-2-3-6(8)7-4-5-11(9)10/h2-3,11H,4-5H2,1H3,(H,7,8). The molecule has 0 spiro atoms. The van der Waals surface area contributed by atoms with Crippen molar-refractivity contribution in [1.29, 1.82) is 0 Å². The molecule has 0 rings (SSSR count). The lowest BCUT2D eigenvalue weighted by atomic mass is 10.5. The van der Waals surface area contributed by atoms with Crippen LogP contribution in [0.25, 0.3) is 0 Å². The molecule has 0 aliphatic heterocycles. The van der Waals surface area contributed by atoms with Crippen molar-refractivity contribution < 1.29 is 13.2 Å². The first-order chi connectivity index (χ1) is 5.16. The molecule has 0 aromatic heterocycles. The minimum Gasteiger partial charge on any atom is -0.352 e. The van der Waals surface area contributed by atoms with E-state index in [1.807, 2.05) is 0 Å². The Bertz CT molecular complexity index is 212. The summed E-state index contributed by atoms with van der Waals surface area (Å²) >= 11 is 0. The number of nitrogens with one attached hydrogen (secondary N) is 1. The summed E-state index contributed by atoms with van der Waals surface area (Å²) in [6.45, 7) is 1.90. The van der Waals surface area contributed by atoms with Crippen molar-refractivity contribution in [3.05, 3.63) is 12.2 Å². The summed E-state index contributed by atoms with van der Waals surface area (Å²) in [6.07, 6.45) is 2.93. The van der Waals surface area contributed by atoms with Gasteiger partial charge in [-0.05, 0) is 13.0 Å². The van der Waals surface area contributed by atoms with Crippen molar-refractivity contribution in [3.63, 3.8) is 0 Å². The maximum absolute atomic E-state index is 10.6. The highest BCUT2D eigenvalue weighted by Gasteiger charge is 1.92. The molecule has 4 nitrogen and oxygen atoms in total. The van der Waals surface area contributed by atoms with Crippen LogP contribution in [0, 0.1) is 0 Å². The first-order valence-electron chi connectivity index (χ1n) is 3.19. The highest BCUT2D eigenvalue weighted by molar-refractivity contribution is 7.72. The number of rotatable bonds is 4. The Morgan fingerprint density at radius 3 is 2.64 bits per heavy atom. The second-order valence-electron chi connectivity index (χ2n) is 1.85. The summed E-state index contributed by atoms with van der Waals surface area (Å²) in [5.74, 6) is -0.261. The SMILES string of the molecule is CC=CC(=O)NCC[SH](=O)=O. The van der Waals surface area contributed by atoms with E-state index in [4.69, 9.17) is 0 Å². The average Bonchev–Trinajstić information content (AvgIpc) is 1.87. The molecule has 11 heavy (non-hydrogen) atoms. The second kappa shape index (κ2) is 5.91. The Labute approximate surface area is 67.2 Å². The van der Waals surface area contributed by atoms with Gasteiger partial charge in [0, 0.05) is 6.54 Å². The molecule has 0 fully saturated rings. The van der Waals surface area contributed by atoms with Crippen LogP contribution in [0.2, 0.25) is 0 Å². The van der Waals surface area contributed by atoms with Gasteiger partial charge >= 0.3 is 0 Å². The smallest absolute Gasteiger partial charge is 0.243 e. The van der Waals surface area contributed by atoms with Crippen molar-refractivity contribution >= 4 is 16.6 Å². The van der Waals surface area contributed by atoms with Crippen LogP contribution in [-0.4, -0.2) is 26.6 Å². The summed E-state index contributed by atoms with van der Waals surface area (Å²) in [6, 6.07) is 0. The summed E-state index contributed by atoms with van der Waals surface area (Å²) in [5.41, 5.74) is 0. The van der Waals surface area contributed by atoms with Gasteiger partial charge in [-0.15, -0.1) is 0 Å². The lowest BCUT2D eigenvalue weighted by Crippen LogP contribution is -2.24. The van der Waals surface area contributed by atoms with Gasteiger partial charge in [-0.3, -0.25) is 4.79 Å². The van der Waals surface area contributed by atoms with Gasteiger partial charge in [-0.25, -0.2) is 8.42 Å². The molecule has 1 amide bonds. The van der Waals surface area contributed by atoms with Gasteiger partial charge in [0.2, 0.25) is 5.91 Å². The molecule has 0 bridgehead atoms. The first kappa shape index (κ1) is 10.2. The van der Waals surface area contributed by atoms with Gasteiger partial charge in [-0.2, -0.15) is 0 Å². The molecule has 0 saturated heterocycles. The number of hydrogen-bond donors (Lipinski definition) is 2. The van der Waals surface area contributed by atoms with Gasteiger partial charge in [0.15, 0.2) is 0 Å². The molecule has 0 unspecified atom stereocenters. The van der Waals surface area contributed by atoms with Crippen LogP contribution < -0.4 is 5.32 Å². The van der Waals surface area contributed by atoms with Crippen molar-refractivity contribution in [2.45, 2.75) is 6.92 Å². The largest absolute Gasteiger partial charge is 0.352 e. The maximum Gasteiger partial charge on any atom is 0.243 e. The number of allylic oxidation sites excluding steroid dienone is 1. The first-order valence-corrected chi connectivity index (χ1v) is 4.55. The number of hydrogen-bond acceptors (Lipinski definition) is 3. The molecular weight excluding hydrogens is 166 g/mol.